The first-order valence-corrected chi connectivity index (χ1v) is 5.49. The number of imidazole rings is 1. The summed E-state index contributed by atoms with van der Waals surface area (Å²) in [4.78, 5) is 7.37. The maximum atomic E-state index is 13.0. The van der Waals surface area contributed by atoms with E-state index in [9.17, 15) is 4.39 Å². The lowest BCUT2D eigenvalue weighted by Gasteiger charge is -1.99. The van der Waals surface area contributed by atoms with Crippen LogP contribution in [0.25, 0.3) is 11.3 Å². The summed E-state index contributed by atoms with van der Waals surface area (Å²) in [6.45, 7) is 2.03. The van der Waals surface area contributed by atoms with Gasteiger partial charge in [-0.2, -0.15) is 0 Å². The number of rotatable bonds is 2. The SMILES string of the molecule is CCc1ncc(-c2ccc(F)c(Br)c2)[nH]1. The van der Waals surface area contributed by atoms with Gasteiger partial charge < -0.3 is 4.98 Å². The quantitative estimate of drug-likeness (QED) is 0.887. The Bertz CT molecular complexity index is 479. The predicted molar refractivity (Wildman–Crippen MR) is 61.1 cm³/mol. The van der Waals surface area contributed by atoms with Gasteiger partial charge in [-0.25, -0.2) is 9.37 Å². The molecule has 0 unspecified atom stereocenters. The van der Waals surface area contributed by atoms with Gasteiger partial charge in [-0.15, -0.1) is 0 Å². The van der Waals surface area contributed by atoms with Gasteiger partial charge in [0.15, 0.2) is 0 Å². The average molecular weight is 269 g/mol. The van der Waals surface area contributed by atoms with E-state index in [0.717, 1.165) is 23.5 Å². The van der Waals surface area contributed by atoms with E-state index in [1.54, 1.807) is 18.3 Å². The fourth-order valence-electron chi connectivity index (χ4n) is 1.35. The van der Waals surface area contributed by atoms with Gasteiger partial charge in [0, 0.05) is 12.0 Å². The highest BCUT2D eigenvalue weighted by Gasteiger charge is 2.05. The van der Waals surface area contributed by atoms with Crippen molar-refractivity contribution in [2.24, 2.45) is 0 Å². The van der Waals surface area contributed by atoms with Gasteiger partial charge in [0.1, 0.15) is 11.6 Å². The molecule has 0 aliphatic carbocycles. The molecule has 0 fully saturated rings. The number of aromatic amines is 1. The third kappa shape index (κ3) is 2.09. The zero-order valence-electron chi connectivity index (χ0n) is 8.22. The van der Waals surface area contributed by atoms with Crippen molar-refractivity contribution in [3.8, 4) is 11.3 Å². The molecule has 0 spiro atoms. The third-order valence-corrected chi connectivity index (χ3v) is 2.80. The van der Waals surface area contributed by atoms with E-state index in [1.807, 2.05) is 6.92 Å². The Morgan fingerprint density at radius 1 is 1.47 bits per heavy atom. The topological polar surface area (TPSA) is 28.7 Å². The van der Waals surface area contributed by atoms with Crippen molar-refractivity contribution in [1.82, 2.24) is 9.97 Å². The van der Waals surface area contributed by atoms with Crippen molar-refractivity contribution in [2.45, 2.75) is 13.3 Å². The van der Waals surface area contributed by atoms with Crippen LogP contribution in [0.15, 0.2) is 28.9 Å². The van der Waals surface area contributed by atoms with Gasteiger partial charge in [-0.1, -0.05) is 6.92 Å². The molecule has 15 heavy (non-hydrogen) atoms. The highest BCUT2D eigenvalue weighted by Crippen LogP contribution is 2.23. The summed E-state index contributed by atoms with van der Waals surface area (Å²) in [6.07, 6.45) is 2.63. The number of benzene rings is 1. The lowest BCUT2D eigenvalue weighted by Crippen LogP contribution is -1.83. The highest BCUT2D eigenvalue weighted by molar-refractivity contribution is 9.10. The molecule has 0 amide bonds. The molecule has 0 bridgehead atoms. The fourth-order valence-corrected chi connectivity index (χ4v) is 1.73. The van der Waals surface area contributed by atoms with Crippen molar-refractivity contribution in [3.63, 3.8) is 0 Å². The summed E-state index contributed by atoms with van der Waals surface area (Å²) in [5.41, 5.74) is 1.84. The number of aryl methyl sites for hydroxylation is 1. The maximum Gasteiger partial charge on any atom is 0.137 e. The van der Waals surface area contributed by atoms with Crippen LogP contribution in [-0.2, 0) is 6.42 Å². The van der Waals surface area contributed by atoms with Crippen LogP contribution in [0, 0.1) is 5.82 Å². The van der Waals surface area contributed by atoms with Crippen LogP contribution in [0.2, 0.25) is 0 Å². The third-order valence-electron chi connectivity index (χ3n) is 2.19. The first kappa shape index (κ1) is 10.4. The monoisotopic (exact) mass is 268 g/mol. The van der Waals surface area contributed by atoms with E-state index in [4.69, 9.17) is 0 Å². The van der Waals surface area contributed by atoms with Gasteiger partial charge >= 0.3 is 0 Å². The van der Waals surface area contributed by atoms with E-state index in [0.29, 0.717) is 4.47 Å². The second-order valence-corrected chi connectivity index (χ2v) is 4.08. The lowest BCUT2D eigenvalue weighted by molar-refractivity contribution is 0.621. The summed E-state index contributed by atoms with van der Waals surface area (Å²) in [6, 6.07) is 4.90. The smallest absolute Gasteiger partial charge is 0.137 e. The summed E-state index contributed by atoms with van der Waals surface area (Å²) in [5.74, 6) is 0.680. The fraction of sp³-hybridized carbons (Fsp3) is 0.182. The standard InChI is InChI=1S/C11H10BrFN2/c1-2-11-14-6-10(15-11)7-3-4-9(13)8(12)5-7/h3-6H,2H2,1H3,(H,14,15). The Balaban J connectivity index is 2.40. The minimum atomic E-state index is -0.256. The molecule has 1 N–H and O–H groups in total. The number of hydrogen-bond donors (Lipinski definition) is 1. The molecule has 1 aromatic carbocycles. The number of nitrogens with one attached hydrogen (secondary N) is 1. The minimum Gasteiger partial charge on any atom is -0.342 e. The van der Waals surface area contributed by atoms with Crippen molar-refractivity contribution in [2.75, 3.05) is 0 Å². The van der Waals surface area contributed by atoms with E-state index >= 15 is 0 Å². The highest BCUT2D eigenvalue weighted by atomic mass is 79.9. The molecule has 0 saturated carbocycles. The lowest BCUT2D eigenvalue weighted by atomic mass is 10.2. The molecule has 78 valence electrons. The molecule has 0 atom stereocenters. The van der Waals surface area contributed by atoms with E-state index in [-0.39, 0.29) is 5.82 Å². The van der Waals surface area contributed by atoms with Crippen LogP contribution in [0.3, 0.4) is 0 Å². The van der Waals surface area contributed by atoms with Gasteiger partial charge in [-0.05, 0) is 34.1 Å². The second-order valence-electron chi connectivity index (χ2n) is 3.23. The normalized spacial score (nSPS) is 10.6. The Hall–Kier alpha value is -1.16. The molecule has 0 aliphatic heterocycles. The van der Waals surface area contributed by atoms with E-state index in [2.05, 4.69) is 25.9 Å². The van der Waals surface area contributed by atoms with Crippen LogP contribution in [-0.4, -0.2) is 9.97 Å². The van der Waals surface area contributed by atoms with Crippen LogP contribution in [0.1, 0.15) is 12.7 Å². The zero-order chi connectivity index (χ0) is 10.8. The van der Waals surface area contributed by atoms with Crippen molar-refractivity contribution >= 4 is 15.9 Å². The molecular weight excluding hydrogens is 259 g/mol. The Morgan fingerprint density at radius 2 is 2.27 bits per heavy atom. The van der Waals surface area contributed by atoms with Gasteiger partial charge in [0.05, 0.1) is 16.4 Å². The Kier molecular flexibility index (Phi) is 2.86. The first-order chi connectivity index (χ1) is 7.20. The van der Waals surface area contributed by atoms with Crippen LogP contribution < -0.4 is 0 Å². The molecule has 0 radical (unpaired) electrons. The number of hydrogen-bond acceptors (Lipinski definition) is 1. The first-order valence-electron chi connectivity index (χ1n) is 4.70. The molecule has 0 aliphatic rings. The summed E-state index contributed by atoms with van der Waals surface area (Å²) in [7, 11) is 0. The molecule has 1 aromatic heterocycles. The van der Waals surface area contributed by atoms with E-state index < -0.39 is 0 Å². The molecule has 2 rings (SSSR count). The predicted octanol–water partition coefficient (Wildman–Crippen LogP) is 3.54. The Morgan fingerprint density at radius 3 is 2.87 bits per heavy atom. The summed E-state index contributed by atoms with van der Waals surface area (Å²) < 4.78 is 13.5. The molecule has 0 saturated heterocycles. The van der Waals surface area contributed by atoms with Gasteiger partial charge in [-0.3, -0.25) is 0 Å². The van der Waals surface area contributed by atoms with Crippen LogP contribution in [0.4, 0.5) is 4.39 Å². The van der Waals surface area contributed by atoms with Crippen LogP contribution >= 0.6 is 15.9 Å². The largest absolute Gasteiger partial charge is 0.342 e. The van der Waals surface area contributed by atoms with Crippen molar-refractivity contribution in [1.29, 1.82) is 0 Å². The number of aromatic nitrogens is 2. The van der Waals surface area contributed by atoms with Gasteiger partial charge in [0.2, 0.25) is 0 Å². The number of H-pyrrole nitrogens is 1. The van der Waals surface area contributed by atoms with Crippen LogP contribution in [0.5, 0.6) is 0 Å². The minimum absolute atomic E-state index is 0.256. The molecule has 4 heteroatoms. The molecule has 2 nitrogen and oxygen atoms in total. The molecular formula is C11H10BrFN2. The molecule has 1 heterocycles. The second kappa shape index (κ2) is 4.14. The maximum absolute atomic E-state index is 13.0. The number of halogens is 2. The summed E-state index contributed by atoms with van der Waals surface area (Å²) >= 11 is 3.16. The average Bonchev–Trinajstić information content (AvgIpc) is 2.70. The molecule has 2 aromatic rings. The zero-order valence-corrected chi connectivity index (χ0v) is 9.81. The summed E-state index contributed by atoms with van der Waals surface area (Å²) in [5, 5.41) is 0. The van der Waals surface area contributed by atoms with Crippen molar-refractivity contribution < 1.29 is 4.39 Å². The number of nitrogens with zero attached hydrogens (tertiary/aromatic N) is 1. The Labute approximate surface area is 95.7 Å². The van der Waals surface area contributed by atoms with Gasteiger partial charge in [0.25, 0.3) is 0 Å². The van der Waals surface area contributed by atoms with E-state index in [1.165, 1.54) is 6.07 Å². The van der Waals surface area contributed by atoms with Crippen molar-refractivity contribution in [3.05, 3.63) is 40.5 Å².